The van der Waals surface area contributed by atoms with E-state index in [1.54, 1.807) is 36.4 Å². The van der Waals surface area contributed by atoms with Gasteiger partial charge in [0.1, 0.15) is 5.82 Å². The molecule has 0 aliphatic carbocycles. The van der Waals surface area contributed by atoms with E-state index in [9.17, 15) is 22.4 Å². The Labute approximate surface area is 178 Å². The van der Waals surface area contributed by atoms with Crippen molar-refractivity contribution in [3.8, 4) is 0 Å². The van der Waals surface area contributed by atoms with Gasteiger partial charge < -0.3 is 10.1 Å². The molecule has 2 N–H and O–H groups in total. The topological polar surface area (TPSA) is 102 Å². The molecule has 0 heterocycles. The molecule has 0 spiro atoms. The Morgan fingerprint density at radius 1 is 0.935 bits per heavy atom. The van der Waals surface area contributed by atoms with Gasteiger partial charge in [-0.25, -0.2) is 17.6 Å². The number of methoxy groups -OCH3 is 1. The van der Waals surface area contributed by atoms with Crippen LogP contribution >= 0.6 is 0 Å². The predicted octanol–water partition coefficient (Wildman–Crippen LogP) is 3.34. The van der Waals surface area contributed by atoms with Gasteiger partial charge in [0.2, 0.25) is 0 Å². The van der Waals surface area contributed by atoms with Crippen molar-refractivity contribution in [3.05, 3.63) is 95.3 Å². The highest BCUT2D eigenvalue weighted by Gasteiger charge is 2.18. The second kappa shape index (κ2) is 9.40. The third-order valence-corrected chi connectivity index (χ3v) is 5.75. The first-order valence-corrected chi connectivity index (χ1v) is 10.6. The minimum Gasteiger partial charge on any atom is -0.465 e. The van der Waals surface area contributed by atoms with Crippen LogP contribution in [0.5, 0.6) is 0 Å². The highest BCUT2D eigenvalue weighted by molar-refractivity contribution is 7.92. The molecular weight excluding hydrogens is 423 g/mol. The van der Waals surface area contributed by atoms with Gasteiger partial charge in [0.25, 0.3) is 15.9 Å². The van der Waals surface area contributed by atoms with E-state index < -0.39 is 27.7 Å². The Kier molecular flexibility index (Phi) is 6.66. The van der Waals surface area contributed by atoms with Crippen molar-refractivity contribution in [2.45, 2.75) is 11.4 Å². The lowest BCUT2D eigenvalue weighted by atomic mass is 10.1. The molecule has 0 aromatic heterocycles. The second-order valence-electron chi connectivity index (χ2n) is 6.48. The average Bonchev–Trinajstić information content (AvgIpc) is 2.77. The zero-order chi connectivity index (χ0) is 22.4. The maximum absolute atomic E-state index is 13.1. The van der Waals surface area contributed by atoms with Gasteiger partial charge in [-0.3, -0.25) is 9.52 Å². The molecule has 3 aromatic rings. The number of ether oxygens (including phenoxy) is 1. The Balaban J connectivity index is 1.73. The van der Waals surface area contributed by atoms with Crippen LogP contribution in [0, 0.1) is 5.82 Å². The summed E-state index contributed by atoms with van der Waals surface area (Å²) in [7, 11) is -2.72. The van der Waals surface area contributed by atoms with Gasteiger partial charge in [0.05, 0.1) is 28.8 Å². The SMILES string of the molecule is COC(=O)c1ccc(CNC(=O)c2ccccc2NS(=O)(=O)c2ccc(F)cc2)cc1. The van der Waals surface area contributed by atoms with Crippen molar-refractivity contribution in [2.75, 3.05) is 11.8 Å². The third-order valence-electron chi connectivity index (χ3n) is 4.37. The molecule has 160 valence electrons. The minimum atomic E-state index is -4.01. The molecule has 0 aliphatic heterocycles. The fraction of sp³-hybridized carbons (Fsp3) is 0.0909. The van der Waals surface area contributed by atoms with Crippen LogP contribution < -0.4 is 10.0 Å². The van der Waals surface area contributed by atoms with Gasteiger partial charge in [-0.2, -0.15) is 0 Å². The maximum Gasteiger partial charge on any atom is 0.337 e. The number of amides is 1. The zero-order valence-electron chi connectivity index (χ0n) is 16.5. The Morgan fingerprint density at radius 2 is 1.58 bits per heavy atom. The van der Waals surface area contributed by atoms with Gasteiger partial charge in [-0.15, -0.1) is 0 Å². The molecule has 0 fully saturated rings. The van der Waals surface area contributed by atoms with Crippen molar-refractivity contribution in [3.63, 3.8) is 0 Å². The van der Waals surface area contributed by atoms with Crippen LogP contribution in [0.2, 0.25) is 0 Å². The fourth-order valence-electron chi connectivity index (χ4n) is 2.74. The molecule has 3 aromatic carbocycles. The quantitative estimate of drug-likeness (QED) is 0.547. The second-order valence-corrected chi connectivity index (χ2v) is 8.16. The minimum absolute atomic E-state index is 0.0883. The molecule has 0 atom stereocenters. The van der Waals surface area contributed by atoms with E-state index in [1.165, 1.54) is 19.2 Å². The number of halogens is 1. The molecule has 3 rings (SSSR count). The van der Waals surface area contributed by atoms with E-state index in [0.29, 0.717) is 5.56 Å². The number of carbonyl (C=O) groups is 2. The molecule has 31 heavy (non-hydrogen) atoms. The Bertz CT molecular complexity index is 1190. The lowest BCUT2D eigenvalue weighted by Gasteiger charge is -2.13. The number of rotatable bonds is 7. The zero-order valence-corrected chi connectivity index (χ0v) is 17.3. The summed E-state index contributed by atoms with van der Waals surface area (Å²) in [5.41, 5.74) is 1.34. The molecule has 0 aliphatic rings. The van der Waals surface area contributed by atoms with E-state index in [-0.39, 0.29) is 22.7 Å². The molecule has 0 bridgehead atoms. The van der Waals surface area contributed by atoms with Crippen LogP contribution in [0.4, 0.5) is 10.1 Å². The Morgan fingerprint density at radius 3 is 2.23 bits per heavy atom. The molecular formula is C22H19FN2O5S. The summed E-state index contributed by atoms with van der Waals surface area (Å²) in [5, 5.41) is 2.71. The molecule has 9 heteroatoms. The van der Waals surface area contributed by atoms with Gasteiger partial charge in [-0.05, 0) is 54.1 Å². The normalized spacial score (nSPS) is 10.9. The maximum atomic E-state index is 13.1. The number of nitrogens with one attached hydrogen (secondary N) is 2. The highest BCUT2D eigenvalue weighted by atomic mass is 32.2. The summed E-state index contributed by atoms with van der Waals surface area (Å²) in [6.07, 6.45) is 0. The average molecular weight is 442 g/mol. The number of para-hydroxylation sites is 1. The van der Waals surface area contributed by atoms with Gasteiger partial charge in [-0.1, -0.05) is 24.3 Å². The van der Waals surface area contributed by atoms with Crippen LogP contribution in [0.3, 0.4) is 0 Å². The van der Waals surface area contributed by atoms with E-state index in [0.717, 1.165) is 29.8 Å². The van der Waals surface area contributed by atoms with Crippen molar-refractivity contribution in [1.82, 2.24) is 5.32 Å². The number of sulfonamides is 1. The molecule has 0 saturated heterocycles. The van der Waals surface area contributed by atoms with Crippen LogP contribution in [-0.2, 0) is 21.3 Å². The van der Waals surface area contributed by atoms with Crippen molar-refractivity contribution >= 4 is 27.6 Å². The van der Waals surface area contributed by atoms with Crippen molar-refractivity contribution in [1.29, 1.82) is 0 Å². The first kappa shape index (κ1) is 22.0. The number of benzene rings is 3. The van der Waals surface area contributed by atoms with E-state index in [4.69, 9.17) is 0 Å². The third kappa shape index (κ3) is 5.46. The molecule has 7 nitrogen and oxygen atoms in total. The summed E-state index contributed by atoms with van der Waals surface area (Å²) in [5.74, 6) is -1.51. The summed E-state index contributed by atoms with van der Waals surface area (Å²) in [4.78, 5) is 24.0. The van der Waals surface area contributed by atoms with Gasteiger partial charge in [0, 0.05) is 6.54 Å². The number of anilines is 1. The molecule has 0 radical (unpaired) electrons. The lowest BCUT2D eigenvalue weighted by Crippen LogP contribution is -2.25. The largest absolute Gasteiger partial charge is 0.465 e. The first-order chi connectivity index (χ1) is 14.8. The van der Waals surface area contributed by atoms with E-state index >= 15 is 0 Å². The first-order valence-electron chi connectivity index (χ1n) is 9.13. The van der Waals surface area contributed by atoms with Crippen LogP contribution in [0.1, 0.15) is 26.3 Å². The molecule has 1 amide bonds. The van der Waals surface area contributed by atoms with Crippen LogP contribution in [0.25, 0.3) is 0 Å². The summed E-state index contributed by atoms with van der Waals surface area (Å²) in [6.45, 7) is 0.166. The van der Waals surface area contributed by atoms with Crippen molar-refractivity contribution in [2.24, 2.45) is 0 Å². The highest BCUT2D eigenvalue weighted by Crippen LogP contribution is 2.20. The van der Waals surface area contributed by atoms with E-state index in [2.05, 4.69) is 14.8 Å². The summed E-state index contributed by atoms with van der Waals surface area (Å²) >= 11 is 0. The lowest BCUT2D eigenvalue weighted by molar-refractivity contribution is 0.0600. The van der Waals surface area contributed by atoms with Crippen molar-refractivity contribution < 1.29 is 27.1 Å². The van der Waals surface area contributed by atoms with Gasteiger partial charge >= 0.3 is 5.97 Å². The predicted molar refractivity (Wildman–Crippen MR) is 113 cm³/mol. The van der Waals surface area contributed by atoms with E-state index in [1.807, 2.05) is 0 Å². The van der Waals surface area contributed by atoms with Gasteiger partial charge in [0.15, 0.2) is 0 Å². The van der Waals surface area contributed by atoms with Crippen LogP contribution in [-0.4, -0.2) is 27.4 Å². The summed E-state index contributed by atoms with van der Waals surface area (Å²) in [6, 6.07) is 17.0. The van der Waals surface area contributed by atoms with Crippen LogP contribution in [0.15, 0.2) is 77.7 Å². The fourth-order valence-corrected chi connectivity index (χ4v) is 3.82. The number of hydrogen-bond donors (Lipinski definition) is 2. The summed E-state index contributed by atoms with van der Waals surface area (Å²) < 4.78 is 45.2. The number of carbonyl (C=O) groups excluding carboxylic acids is 2. The smallest absolute Gasteiger partial charge is 0.337 e. The monoisotopic (exact) mass is 442 g/mol. The molecule has 0 unspecified atom stereocenters. The molecule has 0 saturated carbocycles. The Hall–Kier alpha value is -3.72. The number of esters is 1. The standard InChI is InChI=1S/C22H19FN2O5S/c1-30-22(27)16-8-6-15(7-9-16)14-24-21(26)19-4-2-3-5-20(19)25-31(28,29)18-12-10-17(23)11-13-18/h2-13,25H,14H2,1H3,(H,24,26). The number of hydrogen-bond acceptors (Lipinski definition) is 5.